The van der Waals surface area contributed by atoms with Gasteiger partial charge in [-0.1, -0.05) is 43.0 Å². The third-order valence-electron chi connectivity index (χ3n) is 4.47. The van der Waals surface area contributed by atoms with Crippen molar-refractivity contribution in [2.75, 3.05) is 11.4 Å². The number of allylic oxidation sites excluding steroid dienone is 4. The lowest BCUT2D eigenvalue weighted by Gasteiger charge is -2.26. The first-order valence-electron chi connectivity index (χ1n) is 8.97. The van der Waals surface area contributed by atoms with Gasteiger partial charge in [0.15, 0.2) is 0 Å². The van der Waals surface area contributed by atoms with Crippen LogP contribution >= 0.6 is 0 Å². The fourth-order valence-corrected chi connectivity index (χ4v) is 3.24. The molecular weight excluding hydrogens is 320 g/mol. The maximum absolute atomic E-state index is 6.23. The van der Waals surface area contributed by atoms with Crippen LogP contribution in [0.2, 0.25) is 0 Å². The predicted octanol–water partition coefficient (Wildman–Crippen LogP) is 3.97. The second-order valence-corrected chi connectivity index (χ2v) is 6.46. The molecule has 1 aliphatic rings. The second-order valence-electron chi connectivity index (χ2n) is 6.46. The first-order valence-corrected chi connectivity index (χ1v) is 8.97. The maximum Gasteiger partial charge on any atom is 0.0446 e. The number of benzene rings is 1. The topological polar surface area (TPSA) is 45.4 Å². The molecule has 0 bridgehead atoms. The maximum atomic E-state index is 6.23. The highest BCUT2D eigenvalue weighted by atomic mass is 15.4. The molecule has 0 radical (unpaired) electrons. The van der Waals surface area contributed by atoms with E-state index in [1.165, 1.54) is 16.8 Å². The number of hydrogen-bond donors (Lipinski definition) is 1. The Labute approximate surface area is 155 Å². The zero-order valence-corrected chi connectivity index (χ0v) is 15.3. The van der Waals surface area contributed by atoms with Crippen LogP contribution in [0.15, 0.2) is 79.3 Å². The molecule has 0 unspecified atom stereocenters. The summed E-state index contributed by atoms with van der Waals surface area (Å²) in [4.78, 5) is 6.39. The summed E-state index contributed by atoms with van der Waals surface area (Å²) in [5, 5.41) is 1.82. The number of rotatable bonds is 5. The molecule has 4 nitrogen and oxygen atoms in total. The highest BCUT2D eigenvalue weighted by Crippen LogP contribution is 2.27. The summed E-state index contributed by atoms with van der Waals surface area (Å²) in [6.45, 7) is 8.60. The van der Waals surface area contributed by atoms with Gasteiger partial charge in [-0.3, -0.25) is 10.8 Å². The smallest absolute Gasteiger partial charge is 0.0446 e. The zero-order valence-electron chi connectivity index (χ0n) is 15.3. The van der Waals surface area contributed by atoms with E-state index in [0.717, 1.165) is 24.2 Å². The van der Waals surface area contributed by atoms with Crippen molar-refractivity contribution in [3.63, 3.8) is 0 Å². The van der Waals surface area contributed by atoms with Crippen LogP contribution in [0.4, 0.5) is 5.69 Å². The Morgan fingerprint density at radius 3 is 2.81 bits per heavy atom. The Morgan fingerprint density at radius 2 is 2.04 bits per heavy atom. The number of likely N-dealkylation sites (N-methyl/N-ethyl adjacent to an activating group) is 1. The monoisotopic (exact) mass is 346 g/mol. The van der Waals surface area contributed by atoms with E-state index in [1.807, 2.05) is 29.4 Å². The summed E-state index contributed by atoms with van der Waals surface area (Å²) in [6, 6.07) is 10.6. The zero-order chi connectivity index (χ0) is 18.4. The quantitative estimate of drug-likeness (QED) is 0.657. The summed E-state index contributed by atoms with van der Waals surface area (Å²) < 4.78 is 0. The van der Waals surface area contributed by atoms with E-state index in [4.69, 9.17) is 5.84 Å². The lowest BCUT2D eigenvalue weighted by molar-refractivity contribution is 0.265. The van der Waals surface area contributed by atoms with Gasteiger partial charge < -0.3 is 4.90 Å². The first kappa shape index (κ1) is 18.1. The Bertz CT molecular complexity index is 808. The average molecular weight is 346 g/mol. The van der Waals surface area contributed by atoms with Crippen LogP contribution in [-0.4, -0.2) is 16.5 Å². The third-order valence-corrected chi connectivity index (χ3v) is 4.47. The molecule has 0 saturated carbocycles. The van der Waals surface area contributed by atoms with Gasteiger partial charge in [-0.15, -0.1) is 0 Å². The summed E-state index contributed by atoms with van der Waals surface area (Å²) in [5.41, 5.74) is 5.83. The molecule has 2 N–H and O–H groups in total. The molecule has 4 heteroatoms. The van der Waals surface area contributed by atoms with Crippen molar-refractivity contribution >= 4 is 5.69 Å². The molecule has 0 amide bonds. The van der Waals surface area contributed by atoms with E-state index < -0.39 is 0 Å². The minimum atomic E-state index is 0.673. The van der Waals surface area contributed by atoms with Crippen molar-refractivity contribution in [1.82, 2.24) is 9.99 Å². The lowest BCUT2D eigenvalue weighted by atomic mass is 10.0. The van der Waals surface area contributed by atoms with Crippen LogP contribution in [0.1, 0.15) is 23.6 Å². The van der Waals surface area contributed by atoms with E-state index in [1.54, 1.807) is 6.20 Å². The molecule has 0 saturated heterocycles. The number of hydrazine groups is 1. The summed E-state index contributed by atoms with van der Waals surface area (Å²) >= 11 is 0. The first-order chi connectivity index (χ1) is 12.7. The number of fused-ring (bicyclic) bond motifs is 1. The molecule has 3 rings (SSSR count). The summed E-state index contributed by atoms with van der Waals surface area (Å²) in [6.07, 6.45) is 12.9. The molecule has 1 aliphatic heterocycles. The number of nitrogens with two attached hydrogens (primary N) is 1. The van der Waals surface area contributed by atoms with Crippen LogP contribution in [0.5, 0.6) is 0 Å². The van der Waals surface area contributed by atoms with Gasteiger partial charge in [0.2, 0.25) is 0 Å². The largest absolute Gasteiger partial charge is 0.342 e. The van der Waals surface area contributed by atoms with Gasteiger partial charge >= 0.3 is 0 Å². The average Bonchev–Trinajstić information content (AvgIpc) is 2.71. The van der Waals surface area contributed by atoms with Crippen molar-refractivity contribution in [2.24, 2.45) is 5.84 Å². The SMILES string of the molecule is C=C1/C=C\C=C/Cc2cc(CN(N)Cc3cccnc3)ccc2N1CC. The molecule has 0 atom stereocenters. The molecule has 0 fully saturated rings. The molecule has 2 heterocycles. The highest BCUT2D eigenvalue weighted by Gasteiger charge is 2.13. The van der Waals surface area contributed by atoms with Gasteiger partial charge in [-0.25, -0.2) is 5.01 Å². The van der Waals surface area contributed by atoms with Gasteiger partial charge in [0.05, 0.1) is 0 Å². The number of nitrogens with zero attached hydrogens (tertiary/aromatic N) is 3. The van der Waals surface area contributed by atoms with Gasteiger partial charge in [0.1, 0.15) is 0 Å². The molecule has 1 aromatic carbocycles. The summed E-state index contributed by atoms with van der Waals surface area (Å²) in [5.74, 6) is 6.23. The number of hydrogen-bond acceptors (Lipinski definition) is 4. The van der Waals surface area contributed by atoms with Gasteiger partial charge in [-0.2, -0.15) is 0 Å². The number of pyridine rings is 1. The van der Waals surface area contributed by atoms with Crippen molar-refractivity contribution < 1.29 is 0 Å². The van der Waals surface area contributed by atoms with Crippen LogP contribution < -0.4 is 10.7 Å². The van der Waals surface area contributed by atoms with Crippen molar-refractivity contribution in [1.29, 1.82) is 0 Å². The Kier molecular flexibility index (Phi) is 6.00. The van der Waals surface area contributed by atoms with E-state index in [-0.39, 0.29) is 0 Å². The highest BCUT2D eigenvalue weighted by molar-refractivity contribution is 5.61. The minimum absolute atomic E-state index is 0.673. The number of aromatic nitrogens is 1. The van der Waals surface area contributed by atoms with Gasteiger partial charge in [0, 0.05) is 43.4 Å². The molecular formula is C22H26N4. The minimum Gasteiger partial charge on any atom is -0.342 e. The fourth-order valence-electron chi connectivity index (χ4n) is 3.24. The molecule has 2 aromatic rings. The van der Waals surface area contributed by atoms with E-state index in [0.29, 0.717) is 13.1 Å². The van der Waals surface area contributed by atoms with E-state index in [2.05, 4.69) is 59.8 Å². The fraction of sp³-hybridized carbons (Fsp3) is 0.227. The molecule has 134 valence electrons. The lowest BCUT2D eigenvalue weighted by Crippen LogP contribution is -2.30. The van der Waals surface area contributed by atoms with Crippen LogP contribution in [-0.2, 0) is 19.5 Å². The second kappa shape index (κ2) is 8.61. The standard InChI is InChI=1S/C22H26N4/c1-3-26-18(2)8-5-4-6-10-21-14-19(11-12-22(21)26)16-25(23)17-20-9-7-13-24-15-20/h4-9,11-15H,2-3,10,16-17,23H2,1H3/b6-4-,8-5-. The normalized spacial score (nSPS) is 16.6. The van der Waals surface area contributed by atoms with E-state index in [9.17, 15) is 0 Å². The van der Waals surface area contributed by atoms with Crippen molar-refractivity contribution in [3.05, 3.63) is 96.0 Å². The molecule has 1 aromatic heterocycles. The predicted molar refractivity (Wildman–Crippen MR) is 108 cm³/mol. The Balaban J connectivity index is 1.79. The third kappa shape index (κ3) is 4.48. The molecule has 0 aliphatic carbocycles. The van der Waals surface area contributed by atoms with Crippen molar-refractivity contribution in [3.8, 4) is 0 Å². The summed E-state index contributed by atoms with van der Waals surface area (Å²) in [7, 11) is 0. The van der Waals surface area contributed by atoms with Gasteiger partial charge in [-0.05, 0) is 48.2 Å². The number of anilines is 1. The molecule has 0 spiro atoms. The molecule has 26 heavy (non-hydrogen) atoms. The Hall–Kier alpha value is -2.69. The van der Waals surface area contributed by atoms with Crippen LogP contribution in [0, 0.1) is 0 Å². The Morgan fingerprint density at radius 1 is 1.19 bits per heavy atom. The van der Waals surface area contributed by atoms with Crippen LogP contribution in [0.3, 0.4) is 0 Å². The van der Waals surface area contributed by atoms with Crippen LogP contribution in [0.25, 0.3) is 0 Å². The van der Waals surface area contributed by atoms with Crippen molar-refractivity contribution in [2.45, 2.75) is 26.4 Å². The van der Waals surface area contributed by atoms with E-state index >= 15 is 0 Å². The van der Waals surface area contributed by atoms with Gasteiger partial charge in [0.25, 0.3) is 0 Å².